The summed E-state index contributed by atoms with van der Waals surface area (Å²) in [6, 6.07) is 0. The molecule has 1 amide bonds. The molecule has 0 unspecified atom stereocenters. The third-order valence-electron chi connectivity index (χ3n) is 2.30. The second-order valence-corrected chi connectivity index (χ2v) is 4.97. The Morgan fingerprint density at radius 1 is 1.40 bits per heavy atom. The summed E-state index contributed by atoms with van der Waals surface area (Å²) in [5.74, 6) is 0. The van der Waals surface area contributed by atoms with E-state index >= 15 is 0 Å². The Morgan fingerprint density at radius 3 is 2.47 bits per heavy atom. The Morgan fingerprint density at radius 2 is 2.00 bits per heavy atom. The Kier molecular flexibility index (Phi) is 4.94. The van der Waals surface area contributed by atoms with E-state index in [9.17, 15) is 9.59 Å². The molecule has 0 aromatic heterocycles. The van der Waals surface area contributed by atoms with Crippen LogP contribution in [0.3, 0.4) is 0 Å². The summed E-state index contributed by atoms with van der Waals surface area (Å²) in [6.07, 6.45) is 1.52. The maximum Gasteiger partial charge on any atom is 0.409 e. The molecule has 1 saturated heterocycles. The van der Waals surface area contributed by atoms with Crippen LogP contribution in [0.4, 0.5) is 4.79 Å². The maximum atomic E-state index is 11.4. The fraction of sp³-hybridized carbons (Fsp3) is 0.800. The van der Waals surface area contributed by atoms with Crippen LogP contribution < -0.4 is 0 Å². The number of carbonyl (C=O) groups is 2. The summed E-state index contributed by atoms with van der Waals surface area (Å²) in [6.45, 7) is 5.20. The molecule has 5 heteroatoms. The van der Waals surface area contributed by atoms with Gasteiger partial charge in [0.2, 0.25) is 0 Å². The number of likely N-dealkylation sites (tertiary alicyclic amines) is 1. The highest BCUT2D eigenvalue weighted by Crippen LogP contribution is 2.23. The third-order valence-corrected chi connectivity index (χ3v) is 3.44. The summed E-state index contributed by atoms with van der Waals surface area (Å²) in [5.41, 5.74) is 0. The zero-order valence-corrected chi connectivity index (χ0v) is 10.0. The number of ether oxygens (including phenoxy) is 1. The van der Waals surface area contributed by atoms with Crippen molar-refractivity contribution in [3.8, 4) is 0 Å². The van der Waals surface area contributed by atoms with E-state index in [1.807, 2.05) is 0 Å². The molecular formula is C10H17NO3S. The number of piperidine rings is 1. The van der Waals surface area contributed by atoms with Gasteiger partial charge in [0.05, 0.1) is 6.61 Å². The number of amides is 1. The molecular weight excluding hydrogens is 214 g/mol. The van der Waals surface area contributed by atoms with Gasteiger partial charge in [0.25, 0.3) is 0 Å². The molecule has 0 bridgehead atoms. The molecule has 0 aromatic carbocycles. The van der Waals surface area contributed by atoms with Gasteiger partial charge >= 0.3 is 6.09 Å². The minimum absolute atomic E-state index is 0.157. The SMILES string of the molecule is CCOC(=O)N1CCC(SC(C)=O)CC1. The van der Waals surface area contributed by atoms with E-state index in [4.69, 9.17) is 4.74 Å². The van der Waals surface area contributed by atoms with Crippen LogP contribution in [0, 0.1) is 0 Å². The van der Waals surface area contributed by atoms with Crippen molar-refractivity contribution in [2.75, 3.05) is 19.7 Å². The highest BCUT2D eigenvalue weighted by Gasteiger charge is 2.24. The van der Waals surface area contributed by atoms with Gasteiger partial charge in [-0.15, -0.1) is 0 Å². The molecule has 15 heavy (non-hydrogen) atoms. The monoisotopic (exact) mass is 231 g/mol. The van der Waals surface area contributed by atoms with Crippen LogP contribution in [0.5, 0.6) is 0 Å². The van der Waals surface area contributed by atoms with Gasteiger partial charge < -0.3 is 9.64 Å². The standard InChI is InChI=1S/C10H17NO3S/c1-3-14-10(13)11-6-4-9(5-7-11)15-8(2)12/h9H,3-7H2,1-2H3. The fourth-order valence-corrected chi connectivity index (χ4v) is 2.52. The van der Waals surface area contributed by atoms with Crippen LogP contribution in [-0.2, 0) is 9.53 Å². The van der Waals surface area contributed by atoms with E-state index in [2.05, 4.69) is 0 Å². The highest BCUT2D eigenvalue weighted by molar-refractivity contribution is 8.14. The predicted octanol–water partition coefficient (Wildman–Crippen LogP) is 1.89. The number of rotatable bonds is 2. The van der Waals surface area contributed by atoms with Gasteiger partial charge in [-0.05, 0) is 19.8 Å². The van der Waals surface area contributed by atoms with E-state index in [0.717, 1.165) is 12.8 Å². The normalized spacial score (nSPS) is 17.6. The fourth-order valence-electron chi connectivity index (χ4n) is 1.61. The number of carbonyl (C=O) groups excluding carboxylic acids is 2. The molecule has 0 aromatic rings. The van der Waals surface area contributed by atoms with Crippen LogP contribution in [0.25, 0.3) is 0 Å². The average Bonchev–Trinajstić information content (AvgIpc) is 2.18. The highest BCUT2D eigenvalue weighted by atomic mass is 32.2. The molecule has 0 aliphatic carbocycles. The molecule has 1 fully saturated rings. The first kappa shape index (κ1) is 12.4. The molecule has 0 atom stereocenters. The Balaban J connectivity index is 2.29. The van der Waals surface area contributed by atoms with Crippen molar-refractivity contribution < 1.29 is 14.3 Å². The molecule has 0 N–H and O–H groups in total. The summed E-state index contributed by atoms with van der Waals surface area (Å²) in [5, 5.41) is 0.526. The average molecular weight is 231 g/mol. The number of thioether (sulfide) groups is 1. The predicted molar refractivity (Wildman–Crippen MR) is 59.9 cm³/mol. The van der Waals surface area contributed by atoms with E-state index in [1.54, 1.807) is 18.7 Å². The van der Waals surface area contributed by atoms with Crippen LogP contribution in [-0.4, -0.2) is 41.1 Å². The molecule has 4 nitrogen and oxygen atoms in total. The first-order valence-corrected chi connectivity index (χ1v) is 6.10. The van der Waals surface area contributed by atoms with Crippen LogP contribution in [0.2, 0.25) is 0 Å². The van der Waals surface area contributed by atoms with Gasteiger partial charge in [-0.25, -0.2) is 4.79 Å². The minimum Gasteiger partial charge on any atom is -0.450 e. The lowest BCUT2D eigenvalue weighted by molar-refractivity contribution is -0.109. The largest absolute Gasteiger partial charge is 0.450 e. The van der Waals surface area contributed by atoms with Crippen LogP contribution in [0.15, 0.2) is 0 Å². The minimum atomic E-state index is -0.233. The quantitative estimate of drug-likeness (QED) is 0.728. The second-order valence-electron chi connectivity index (χ2n) is 3.49. The van der Waals surface area contributed by atoms with Crippen molar-refractivity contribution >= 4 is 23.0 Å². The third kappa shape index (κ3) is 4.11. The van der Waals surface area contributed by atoms with Gasteiger partial charge in [0.1, 0.15) is 0 Å². The van der Waals surface area contributed by atoms with Crippen molar-refractivity contribution in [1.29, 1.82) is 0 Å². The van der Waals surface area contributed by atoms with Crippen molar-refractivity contribution in [2.24, 2.45) is 0 Å². The first-order chi connectivity index (χ1) is 7.13. The summed E-state index contributed by atoms with van der Waals surface area (Å²) < 4.78 is 4.91. The van der Waals surface area contributed by atoms with Crippen LogP contribution in [0.1, 0.15) is 26.7 Å². The van der Waals surface area contributed by atoms with E-state index < -0.39 is 0 Å². The number of nitrogens with zero attached hydrogens (tertiary/aromatic N) is 1. The van der Waals surface area contributed by atoms with Gasteiger partial charge in [0, 0.05) is 25.3 Å². The summed E-state index contributed by atoms with van der Waals surface area (Å²) in [4.78, 5) is 24.0. The lowest BCUT2D eigenvalue weighted by atomic mass is 10.1. The van der Waals surface area contributed by atoms with E-state index in [-0.39, 0.29) is 11.2 Å². The van der Waals surface area contributed by atoms with Crippen LogP contribution >= 0.6 is 11.8 Å². The molecule has 1 aliphatic heterocycles. The zero-order chi connectivity index (χ0) is 11.3. The topological polar surface area (TPSA) is 46.6 Å². The lowest BCUT2D eigenvalue weighted by Gasteiger charge is -2.30. The maximum absolute atomic E-state index is 11.4. The first-order valence-electron chi connectivity index (χ1n) is 5.22. The number of hydrogen-bond acceptors (Lipinski definition) is 4. The van der Waals surface area contributed by atoms with Crippen molar-refractivity contribution in [3.63, 3.8) is 0 Å². The van der Waals surface area contributed by atoms with Gasteiger partial charge in [0.15, 0.2) is 5.12 Å². The molecule has 1 rings (SSSR count). The second kappa shape index (κ2) is 6.00. The van der Waals surface area contributed by atoms with Gasteiger partial charge in [-0.3, -0.25) is 4.79 Å². The Hall–Kier alpha value is -0.710. The van der Waals surface area contributed by atoms with E-state index in [1.165, 1.54) is 11.8 Å². The molecule has 0 radical (unpaired) electrons. The molecule has 0 spiro atoms. The molecule has 1 aliphatic rings. The molecule has 1 heterocycles. The number of hydrogen-bond donors (Lipinski definition) is 0. The van der Waals surface area contributed by atoms with Crippen molar-refractivity contribution in [3.05, 3.63) is 0 Å². The lowest BCUT2D eigenvalue weighted by Crippen LogP contribution is -2.39. The van der Waals surface area contributed by atoms with Gasteiger partial charge in [-0.1, -0.05) is 11.8 Å². The van der Waals surface area contributed by atoms with E-state index in [0.29, 0.717) is 24.9 Å². The van der Waals surface area contributed by atoms with Crippen molar-refractivity contribution in [1.82, 2.24) is 4.90 Å². The molecule has 86 valence electrons. The zero-order valence-electron chi connectivity index (χ0n) is 9.19. The smallest absolute Gasteiger partial charge is 0.409 e. The Labute approximate surface area is 94.3 Å². The Bertz CT molecular complexity index is 237. The summed E-state index contributed by atoms with van der Waals surface area (Å²) in [7, 11) is 0. The van der Waals surface area contributed by atoms with Gasteiger partial charge in [-0.2, -0.15) is 0 Å². The van der Waals surface area contributed by atoms with Crippen molar-refractivity contribution in [2.45, 2.75) is 31.9 Å². The summed E-state index contributed by atoms with van der Waals surface area (Å²) >= 11 is 1.38. The molecule has 0 saturated carbocycles.